The van der Waals surface area contributed by atoms with Gasteiger partial charge in [-0.3, -0.25) is 14.9 Å². The molecule has 6 heteroatoms. The van der Waals surface area contributed by atoms with Gasteiger partial charge in [-0.2, -0.15) is 0 Å². The highest BCUT2D eigenvalue weighted by molar-refractivity contribution is 5.81. The van der Waals surface area contributed by atoms with Crippen LogP contribution in [0.4, 0.5) is 21.5 Å². The number of nitro groups is 1. The van der Waals surface area contributed by atoms with E-state index in [1.54, 1.807) is 17.0 Å². The SMILES string of the molecule is CCN(c1cccc(F)c1)c1ccc(C=O)cc1[N+](=O)[O-]. The van der Waals surface area contributed by atoms with Gasteiger partial charge < -0.3 is 4.90 Å². The molecule has 0 N–H and O–H groups in total. The molecule has 0 radical (unpaired) electrons. The molecule has 0 heterocycles. The first-order valence-electron chi connectivity index (χ1n) is 6.33. The largest absolute Gasteiger partial charge is 0.336 e. The number of rotatable bonds is 5. The first-order chi connectivity index (χ1) is 10.1. The molecular weight excluding hydrogens is 275 g/mol. The Bertz CT molecular complexity index is 688. The monoisotopic (exact) mass is 288 g/mol. The van der Waals surface area contributed by atoms with Gasteiger partial charge >= 0.3 is 0 Å². The van der Waals surface area contributed by atoms with Gasteiger partial charge in [-0.05, 0) is 37.3 Å². The number of hydrogen-bond acceptors (Lipinski definition) is 4. The second-order valence-corrected chi connectivity index (χ2v) is 4.35. The summed E-state index contributed by atoms with van der Waals surface area (Å²) in [5, 5.41) is 11.2. The lowest BCUT2D eigenvalue weighted by molar-refractivity contribution is -0.384. The number of carbonyl (C=O) groups excluding carboxylic acids is 1. The van der Waals surface area contributed by atoms with Gasteiger partial charge in [-0.1, -0.05) is 6.07 Å². The number of nitro benzene ring substituents is 1. The number of nitrogens with zero attached hydrogens (tertiary/aromatic N) is 2. The zero-order valence-electron chi connectivity index (χ0n) is 11.3. The van der Waals surface area contributed by atoms with Crippen LogP contribution in [-0.2, 0) is 0 Å². The number of carbonyl (C=O) groups is 1. The Hall–Kier alpha value is -2.76. The molecular formula is C15H13FN2O3. The summed E-state index contributed by atoms with van der Waals surface area (Å²) in [4.78, 5) is 23.0. The van der Waals surface area contributed by atoms with Gasteiger partial charge in [0.05, 0.1) is 4.92 Å². The molecule has 5 nitrogen and oxygen atoms in total. The molecule has 0 aromatic heterocycles. The van der Waals surface area contributed by atoms with Gasteiger partial charge in [0.15, 0.2) is 0 Å². The molecule has 2 aromatic rings. The van der Waals surface area contributed by atoms with E-state index >= 15 is 0 Å². The molecule has 21 heavy (non-hydrogen) atoms. The quantitative estimate of drug-likeness (QED) is 0.478. The predicted octanol–water partition coefficient (Wildman–Crippen LogP) is 3.70. The molecule has 0 aliphatic rings. The van der Waals surface area contributed by atoms with Gasteiger partial charge in [0, 0.05) is 23.9 Å². The van der Waals surface area contributed by atoms with Crippen LogP contribution in [0.3, 0.4) is 0 Å². The molecule has 0 unspecified atom stereocenters. The van der Waals surface area contributed by atoms with Gasteiger partial charge in [0.1, 0.15) is 17.8 Å². The van der Waals surface area contributed by atoms with Crippen molar-refractivity contribution < 1.29 is 14.1 Å². The van der Waals surface area contributed by atoms with E-state index in [0.29, 0.717) is 24.2 Å². The van der Waals surface area contributed by atoms with Gasteiger partial charge in [-0.25, -0.2) is 4.39 Å². The standard InChI is InChI=1S/C15H13FN2O3/c1-2-17(13-5-3-4-12(16)9-13)14-7-6-11(10-19)8-15(14)18(20)21/h3-10H,2H2,1H3. The van der Waals surface area contributed by atoms with E-state index in [1.165, 1.54) is 30.3 Å². The van der Waals surface area contributed by atoms with E-state index in [-0.39, 0.29) is 11.3 Å². The Morgan fingerprint density at radius 1 is 1.29 bits per heavy atom. The van der Waals surface area contributed by atoms with Gasteiger partial charge in [-0.15, -0.1) is 0 Å². The van der Waals surface area contributed by atoms with Crippen LogP contribution in [0.1, 0.15) is 17.3 Å². The topological polar surface area (TPSA) is 63.5 Å². The lowest BCUT2D eigenvalue weighted by Crippen LogP contribution is -2.17. The summed E-state index contributed by atoms with van der Waals surface area (Å²) in [6.07, 6.45) is 0.551. The zero-order valence-corrected chi connectivity index (χ0v) is 11.3. The smallest absolute Gasteiger partial charge is 0.293 e. The van der Waals surface area contributed by atoms with Crippen LogP contribution in [0.15, 0.2) is 42.5 Å². The van der Waals surface area contributed by atoms with Crippen LogP contribution < -0.4 is 4.90 Å². The van der Waals surface area contributed by atoms with Crippen molar-refractivity contribution in [1.29, 1.82) is 0 Å². The van der Waals surface area contributed by atoms with E-state index in [4.69, 9.17) is 0 Å². The average Bonchev–Trinajstić information content (AvgIpc) is 2.48. The van der Waals surface area contributed by atoms with E-state index in [0.717, 1.165) is 0 Å². The summed E-state index contributed by atoms with van der Waals surface area (Å²) in [7, 11) is 0. The van der Waals surface area contributed by atoms with Gasteiger partial charge in [0.25, 0.3) is 5.69 Å². The van der Waals surface area contributed by atoms with Crippen LogP contribution in [0.5, 0.6) is 0 Å². The molecule has 0 saturated heterocycles. The van der Waals surface area contributed by atoms with E-state index in [1.807, 2.05) is 6.92 Å². The van der Waals surface area contributed by atoms with Crippen LogP contribution >= 0.6 is 0 Å². The van der Waals surface area contributed by atoms with Crippen molar-refractivity contribution in [3.05, 3.63) is 64.0 Å². The minimum Gasteiger partial charge on any atom is -0.336 e. The Morgan fingerprint density at radius 2 is 2.05 bits per heavy atom. The maximum absolute atomic E-state index is 13.4. The second kappa shape index (κ2) is 6.13. The first kappa shape index (κ1) is 14.6. The summed E-state index contributed by atoms with van der Waals surface area (Å²) >= 11 is 0. The number of hydrogen-bond donors (Lipinski definition) is 0. The molecule has 0 atom stereocenters. The molecule has 0 aliphatic carbocycles. The Kier molecular flexibility index (Phi) is 4.27. The molecule has 0 aliphatic heterocycles. The fourth-order valence-electron chi connectivity index (χ4n) is 2.12. The summed E-state index contributed by atoms with van der Waals surface area (Å²) < 4.78 is 13.4. The van der Waals surface area contributed by atoms with Gasteiger partial charge in [0.2, 0.25) is 0 Å². The van der Waals surface area contributed by atoms with Crippen molar-refractivity contribution >= 4 is 23.3 Å². The normalized spacial score (nSPS) is 10.2. The summed E-state index contributed by atoms with van der Waals surface area (Å²) in [6, 6.07) is 10.0. The summed E-state index contributed by atoms with van der Waals surface area (Å²) in [6.45, 7) is 2.23. The third-order valence-electron chi connectivity index (χ3n) is 3.06. The summed E-state index contributed by atoms with van der Waals surface area (Å²) in [5.74, 6) is -0.418. The van der Waals surface area contributed by atoms with Crippen molar-refractivity contribution in [2.24, 2.45) is 0 Å². The molecule has 0 fully saturated rings. The lowest BCUT2D eigenvalue weighted by atomic mass is 10.1. The fraction of sp³-hybridized carbons (Fsp3) is 0.133. The molecule has 0 bridgehead atoms. The maximum Gasteiger partial charge on any atom is 0.293 e. The average molecular weight is 288 g/mol. The summed E-state index contributed by atoms with van der Waals surface area (Å²) in [5.41, 5.74) is 0.865. The van der Waals surface area contributed by atoms with E-state index < -0.39 is 10.7 Å². The van der Waals surface area contributed by atoms with Crippen LogP contribution in [0.25, 0.3) is 0 Å². The van der Waals surface area contributed by atoms with Crippen LogP contribution in [-0.4, -0.2) is 17.8 Å². The number of halogens is 1. The molecule has 0 saturated carbocycles. The fourth-order valence-corrected chi connectivity index (χ4v) is 2.12. The third-order valence-corrected chi connectivity index (χ3v) is 3.06. The molecule has 2 rings (SSSR count). The van der Waals surface area contributed by atoms with Crippen molar-refractivity contribution in [2.75, 3.05) is 11.4 Å². The first-order valence-corrected chi connectivity index (χ1v) is 6.33. The Labute approximate surface area is 120 Å². The minimum absolute atomic E-state index is 0.189. The molecule has 0 amide bonds. The minimum atomic E-state index is -0.551. The highest BCUT2D eigenvalue weighted by Gasteiger charge is 2.20. The van der Waals surface area contributed by atoms with Crippen molar-refractivity contribution in [3.8, 4) is 0 Å². The van der Waals surface area contributed by atoms with E-state index in [9.17, 15) is 19.3 Å². The lowest BCUT2D eigenvalue weighted by Gasteiger charge is -2.23. The highest BCUT2D eigenvalue weighted by Crippen LogP contribution is 2.34. The number of anilines is 2. The number of aldehydes is 1. The Morgan fingerprint density at radius 3 is 2.62 bits per heavy atom. The Balaban J connectivity index is 2.56. The molecule has 0 spiro atoms. The molecule has 108 valence electrons. The zero-order chi connectivity index (χ0) is 15.4. The van der Waals surface area contributed by atoms with E-state index in [2.05, 4.69) is 0 Å². The number of benzene rings is 2. The predicted molar refractivity (Wildman–Crippen MR) is 77.6 cm³/mol. The van der Waals surface area contributed by atoms with Crippen molar-refractivity contribution in [2.45, 2.75) is 6.92 Å². The molecule has 2 aromatic carbocycles. The van der Waals surface area contributed by atoms with Crippen LogP contribution in [0, 0.1) is 15.9 Å². The van der Waals surface area contributed by atoms with Crippen molar-refractivity contribution in [1.82, 2.24) is 0 Å². The maximum atomic E-state index is 13.4. The second-order valence-electron chi connectivity index (χ2n) is 4.35. The van der Waals surface area contributed by atoms with Crippen molar-refractivity contribution in [3.63, 3.8) is 0 Å². The third kappa shape index (κ3) is 3.05. The highest BCUT2D eigenvalue weighted by atomic mass is 19.1. The van der Waals surface area contributed by atoms with Crippen LogP contribution in [0.2, 0.25) is 0 Å².